The molecule has 110 valence electrons. The first-order chi connectivity index (χ1) is 10.3. The lowest BCUT2D eigenvalue weighted by molar-refractivity contribution is 0.413. The number of aromatic nitrogens is 3. The Labute approximate surface area is 125 Å². The molecule has 1 aliphatic heterocycles. The fraction of sp³-hybridized carbons (Fsp3) is 0.438. The van der Waals surface area contributed by atoms with E-state index in [0.717, 1.165) is 55.5 Å². The summed E-state index contributed by atoms with van der Waals surface area (Å²) in [6.45, 7) is 4.75. The first-order valence-electron chi connectivity index (χ1n) is 7.48. The molecule has 1 saturated heterocycles. The Morgan fingerprint density at radius 3 is 2.67 bits per heavy atom. The number of piperidine rings is 1. The minimum Gasteiger partial charge on any atom is -0.356 e. The lowest BCUT2D eigenvalue weighted by atomic mass is 9.97. The fourth-order valence-electron chi connectivity index (χ4n) is 2.76. The van der Waals surface area contributed by atoms with Crippen LogP contribution in [-0.4, -0.2) is 34.6 Å². The molecule has 2 aromatic heterocycles. The smallest absolute Gasteiger partial charge is 0.132 e. The molecule has 1 fully saturated rings. The van der Waals surface area contributed by atoms with Crippen molar-refractivity contribution in [3.63, 3.8) is 0 Å². The molecule has 0 aromatic carbocycles. The Kier molecular flexibility index (Phi) is 4.10. The first kappa shape index (κ1) is 13.9. The molecule has 0 amide bonds. The van der Waals surface area contributed by atoms with Crippen LogP contribution in [0.15, 0.2) is 30.5 Å². The lowest BCUT2D eigenvalue weighted by Crippen LogP contribution is -2.36. The Balaban J connectivity index is 1.85. The highest BCUT2D eigenvalue weighted by molar-refractivity contribution is 5.59. The van der Waals surface area contributed by atoms with Gasteiger partial charge in [-0.2, -0.15) is 0 Å². The van der Waals surface area contributed by atoms with Gasteiger partial charge in [0.1, 0.15) is 11.6 Å². The van der Waals surface area contributed by atoms with Crippen LogP contribution in [0.3, 0.4) is 0 Å². The number of pyridine rings is 1. The summed E-state index contributed by atoms with van der Waals surface area (Å²) in [5.41, 5.74) is 7.54. The van der Waals surface area contributed by atoms with E-state index in [2.05, 4.69) is 19.9 Å². The van der Waals surface area contributed by atoms with Gasteiger partial charge in [0, 0.05) is 25.4 Å². The van der Waals surface area contributed by atoms with E-state index in [-0.39, 0.29) is 0 Å². The van der Waals surface area contributed by atoms with Crippen molar-refractivity contribution in [2.75, 3.05) is 24.5 Å². The molecule has 0 atom stereocenters. The summed E-state index contributed by atoms with van der Waals surface area (Å²) in [5.74, 6) is 2.44. The van der Waals surface area contributed by atoms with Crippen LogP contribution in [0.2, 0.25) is 0 Å². The highest BCUT2D eigenvalue weighted by Gasteiger charge is 2.20. The molecule has 3 heterocycles. The van der Waals surface area contributed by atoms with Crippen LogP contribution >= 0.6 is 0 Å². The molecule has 3 rings (SSSR count). The molecule has 1 aliphatic rings. The monoisotopic (exact) mass is 283 g/mol. The maximum absolute atomic E-state index is 5.76. The Morgan fingerprint density at radius 1 is 1.19 bits per heavy atom. The summed E-state index contributed by atoms with van der Waals surface area (Å²) in [6, 6.07) is 7.91. The quantitative estimate of drug-likeness (QED) is 0.933. The van der Waals surface area contributed by atoms with Crippen molar-refractivity contribution in [1.82, 2.24) is 15.0 Å². The summed E-state index contributed by atoms with van der Waals surface area (Å²) in [7, 11) is 0. The van der Waals surface area contributed by atoms with E-state index < -0.39 is 0 Å². The van der Waals surface area contributed by atoms with Gasteiger partial charge in [-0.3, -0.25) is 4.98 Å². The second kappa shape index (κ2) is 6.18. The third-order valence-corrected chi connectivity index (χ3v) is 4.02. The number of hydrogen-bond donors (Lipinski definition) is 1. The largest absolute Gasteiger partial charge is 0.356 e. The molecule has 0 aliphatic carbocycles. The number of nitrogens with zero attached hydrogens (tertiary/aromatic N) is 4. The molecule has 0 saturated carbocycles. The van der Waals surface area contributed by atoms with Crippen molar-refractivity contribution in [2.45, 2.75) is 19.8 Å². The molecule has 5 nitrogen and oxygen atoms in total. The predicted molar refractivity (Wildman–Crippen MR) is 84.0 cm³/mol. The number of rotatable bonds is 3. The van der Waals surface area contributed by atoms with Crippen LogP contribution in [0, 0.1) is 12.8 Å². The minimum absolute atomic E-state index is 0.652. The fourth-order valence-corrected chi connectivity index (χ4v) is 2.76. The Morgan fingerprint density at radius 2 is 2.00 bits per heavy atom. The van der Waals surface area contributed by atoms with Crippen LogP contribution < -0.4 is 10.6 Å². The standard InChI is InChI=1S/C16H21N5/c1-12-19-15(14-4-2-3-7-18-14)10-16(20-12)21-8-5-13(11-17)6-9-21/h2-4,7,10,13H,5-6,8-9,11,17H2,1H3. The molecule has 0 unspecified atom stereocenters. The normalized spacial score (nSPS) is 16.2. The Hall–Kier alpha value is -2.01. The first-order valence-corrected chi connectivity index (χ1v) is 7.48. The zero-order chi connectivity index (χ0) is 14.7. The van der Waals surface area contributed by atoms with Crippen molar-refractivity contribution in [2.24, 2.45) is 11.7 Å². The van der Waals surface area contributed by atoms with E-state index in [4.69, 9.17) is 5.73 Å². The van der Waals surface area contributed by atoms with Gasteiger partial charge in [-0.1, -0.05) is 6.07 Å². The molecule has 21 heavy (non-hydrogen) atoms. The number of aryl methyl sites for hydroxylation is 1. The molecule has 2 N–H and O–H groups in total. The number of anilines is 1. The van der Waals surface area contributed by atoms with E-state index in [1.54, 1.807) is 6.20 Å². The van der Waals surface area contributed by atoms with Gasteiger partial charge in [0.15, 0.2) is 0 Å². The molecule has 0 radical (unpaired) electrons. The topological polar surface area (TPSA) is 67.9 Å². The van der Waals surface area contributed by atoms with Crippen molar-refractivity contribution in [1.29, 1.82) is 0 Å². The summed E-state index contributed by atoms with van der Waals surface area (Å²) in [5, 5.41) is 0. The average Bonchev–Trinajstić information content (AvgIpc) is 2.55. The van der Waals surface area contributed by atoms with Crippen LogP contribution in [0.4, 0.5) is 5.82 Å². The SMILES string of the molecule is Cc1nc(-c2ccccn2)cc(N2CCC(CN)CC2)n1. The van der Waals surface area contributed by atoms with Gasteiger partial charge in [0.2, 0.25) is 0 Å². The van der Waals surface area contributed by atoms with Crippen molar-refractivity contribution < 1.29 is 0 Å². The van der Waals surface area contributed by atoms with E-state index in [1.807, 2.05) is 31.2 Å². The van der Waals surface area contributed by atoms with Gasteiger partial charge < -0.3 is 10.6 Å². The van der Waals surface area contributed by atoms with E-state index in [1.165, 1.54) is 0 Å². The molecule has 0 bridgehead atoms. The minimum atomic E-state index is 0.652. The zero-order valence-electron chi connectivity index (χ0n) is 12.4. The summed E-state index contributed by atoms with van der Waals surface area (Å²) in [6.07, 6.45) is 4.07. The van der Waals surface area contributed by atoms with Crippen molar-refractivity contribution in [3.8, 4) is 11.4 Å². The molecule has 5 heteroatoms. The van der Waals surface area contributed by atoms with E-state index in [0.29, 0.717) is 5.92 Å². The van der Waals surface area contributed by atoms with Gasteiger partial charge >= 0.3 is 0 Å². The second-order valence-corrected chi connectivity index (χ2v) is 5.54. The van der Waals surface area contributed by atoms with Gasteiger partial charge in [-0.05, 0) is 44.4 Å². The highest BCUT2D eigenvalue weighted by Crippen LogP contribution is 2.24. The van der Waals surface area contributed by atoms with Gasteiger partial charge in [0.25, 0.3) is 0 Å². The Bertz CT molecular complexity index is 591. The average molecular weight is 283 g/mol. The summed E-state index contributed by atoms with van der Waals surface area (Å²) >= 11 is 0. The maximum atomic E-state index is 5.76. The van der Waals surface area contributed by atoms with Gasteiger partial charge in [-0.25, -0.2) is 9.97 Å². The van der Waals surface area contributed by atoms with Gasteiger partial charge in [-0.15, -0.1) is 0 Å². The molecule has 2 aromatic rings. The molecule has 0 spiro atoms. The van der Waals surface area contributed by atoms with Crippen LogP contribution in [0.1, 0.15) is 18.7 Å². The van der Waals surface area contributed by atoms with E-state index in [9.17, 15) is 0 Å². The number of hydrogen-bond acceptors (Lipinski definition) is 5. The third kappa shape index (κ3) is 3.19. The predicted octanol–water partition coefficient (Wildman–Crippen LogP) is 2.02. The lowest BCUT2D eigenvalue weighted by Gasteiger charge is -2.32. The second-order valence-electron chi connectivity index (χ2n) is 5.54. The maximum Gasteiger partial charge on any atom is 0.132 e. The van der Waals surface area contributed by atoms with Crippen molar-refractivity contribution in [3.05, 3.63) is 36.3 Å². The van der Waals surface area contributed by atoms with E-state index >= 15 is 0 Å². The highest BCUT2D eigenvalue weighted by atomic mass is 15.2. The summed E-state index contributed by atoms with van der Waals surface area (Å²) in [4.78, 5) is 15.8. The third-order valence-electron chi connectivity index (χ3n) is 4.02. The van der Waals surface area contributed by atoms with Crippen LogP contribution in [0.5, 0.6) is 0 Å². The number of nitrogens with two attached hydrogens (primary N) is 1. The van der Waals surface area contributed by atoms with Gasteiger partial charge in [0.05, 0.1) is 11.4 Å². The van der Waals surface area contributed by atoms with Crippen molar-refractivity contribution >= 4 is 5.82 Å². The van der Waals surface area contributed by atoms with Crippen LogP contribution in [-0.2, 0) is 0 Å². The molecular formula is C16H21N5. The van der Waals surface area contributed by atoms with Crippen LogP contribution in [0.25, 0.3) is 11.4 Å². The zero-order valence-corrected chi connectivity index (χ0v) is 12.4. The summed E-state index contributed by atoms with van der Waals surface area (Å²) < 4.78 is 0. The molecular weight excluding hydrogens is 262 g/mol.